The van der Waals surface area contributed by atoms with Gasteiger partial charge in [0.1, 0.15) is 18.0 Å². The zero-order valence-corrected chi connectivity index (χ0v) is 26.3. The Labute approximate surface area is 254 Å². The average molecular weight is 567 g/mol. The number of rotatable bonds is 6. The molecule has 1 aromatic carbocycles. The average Bonchev–Trinajstić information content (AvgIpc) is 3.66. The van der Waals surface area contributed by atoms with E-state index in [2.05, 4.69) is 19.1 Å². The molecule has 2 nitrogen and oxygen atoms in total. The van der Waals surface area contributed by atoms with E-state index in [1.807, 2.05) is 11.1 Å². The van der Waals surface area contributed by atoms with Crippen LogP contribution < -0.4 is 4.74 Å². The molecule has 1 atom stereocenters. The van der Waals surface area contributed by atoms with Crippen molar-refractivity contribution in [3.05, 3.63) is 28.8 Å². The van der Waals surface area contributed by atoms with Gasteiger partial charge in [0.15, 0.2) is 0 Å². The fourth-order valence-corrected chi connectivity index (χ4v) is 15.7. The number of ether oxygens (including phenoxy) is 2. The second kappa shape index (κ2) is 8.22. The second-order valence-electron chi connectivity index (χ2n) is 19.5. The van der Waals surface area contributed by atoms with Crippen LogP contribution in [0.2, 0.25) is 0 Å². The zero-order chi connectivity index (χ0) is 27.5. The summed E-state index contributed by atoms with van der Waals surface area (Å²) in [5.74, 6) is 10.2. The largest absolute Gasteiger partial charge is 0.490 e. The van der Waals surface area contributed by atoms with Gasteiger partial charge < -0.3 is 9.47 Å². The minimum absolute atomic E-state index is 0.0574. The second-order valence-corrected chi connectivity index (χ2v) is 19.5. The van der Waals surface area contributed by atoms with Gasteiger partial charge in [-0.05, 0) is 209 Å². The highest BCUT2D eigenvalue weighted by molar-refractivity contribution is 5.54. The lowest BCUT2D eigenvalue weighted by atomic mass is 9.43. The van der Waals surface area contributed by atoms with Crippen molar-refractivity contribution in [3.8, 4) is 5.75 Å². The Morgan fingerprint density at radius 2 is 0.833 bits per heavy atom. The lowest BCUT2D eigenvalue weighted by Crippen LogP contribution is -2.53. The molecule has 12 saturated carbocycles. The first-order chi connectivity index (χ1) is 20.3. The quantitative estimate of drug-likeness (QED) is 0.320. The molecule has 0 N–H and O–H groups in total. The van der Waals surface area contributed by atoms with Crippen molar-refractivity contribution in [3.63, 3.8) is 0 Å². The minimum atomic E-state index is -0.0574. The summed E-state index contributed by atoms with van der Waals surface area (Å²) >= 11 is 0. The predicted molar refractivity (Wildman–Crippen MR) is 166 cm³/mol. The summed E-state index contributed by atoms with van der Waals surface area (Å²) < 4.78 is 13.0. The molecule has 13 aliphatic rings. The van der Waals surface area contributed by atoms with Crippen molar-refractivity contribution in [2.75, 3.05) is 13.2 Å². The van der Waals surface area contributed by atoms with Crippen molar-refractivity contribution in [2.24, 2.45) is 53.3 Å². The topological polar surface area (TPSA) is 21.8 Å². The normalized spacial score (nSPS) is 55.5. The van der Waals surface area contributed by atoms with E-state index in [9.17, 15) is 0 Å². The highest BCUT2D eigenvalue weighted by Crippen LogP contribution is 2.68. The smallest absolute Gasteiger partial charge is 0.123 e. The van der Waals surface area contributed by atoms with Crippen LogP contribution in [0.1, 0.15) is 139 Å². The van der Waals surface area contributed by atoms with Gasteiger partial charge in [-0.15, -0.1) is 0 Å². The molecule has 1 heterocycles. The fraction of sp³-hybridized carbons (Fsp3) is 0.850. The molecule has 2 heteroatoms. The first-order valence-corrected chi connectivity index (χ1v) is 18.8. The van der Waals surface area contributed by atoms with Crippen molar-refractivity contribution in [1.29, 1.82) is 0 Å². The summed E-state index contributed by atoms with van der Waals surface area (Å²) in [6.45, 7) is 3.87. The Hall–Kier alpha value is -1.02. The summed E-state index contributed by atoms with van der Waals surface area (Å²) in [7, 11) is 0. The maximum Gasteiger partial charge on any atom is 0.123 e. The first-order valence-electron chi connectivity index (χ1n) is 18.8. The lowest BCUT2D eigenvalue weighted by Gasteiger charge is -2.61. The predicted octanol–water partition coefficient (Wildman–Crippen LogP) is 9.26. The number of hydrogen-bond donors (Lipinski definition) is 0. The van der Waals surface area contributed by atoms with Gasteiger partial charge in [0.2, 0.25) is 0 Å². The SMILES string of the molecule is CC1(COc2cc(C34CC5CC(CC(C5)C3)C4)c(C34CC5CC(CC(C5)C3)C4)cc2C23CC4CC(CC(C4)C2)C3)CO1. The highest BCUT2D eigenvalue weighted by Gasteiger charge is 2.59. The molecular weight excluding hydrogens is 512 g/mol. The number of benzene rings is 1. The Kier molecular flexibility index (Phi) is 4.93. The van der Waals surface area contributed by atoms with Crippen LogP contribution in [0.3, 0.4) is 0 Å². The van der Waals surface area contributed by atoms with Crippen molar-refractivity contribution >= 4 is 0 Å². The standard InChI is InChI=1S/C40H54O2/c1-37(23-42-37)22-41-36-12-34(39-16-27-5-28(17-39)7-29(6-27)18-39)33(38-13-24-2-25(14-38)4-26(3-24)15-38)11-35(36)40-19-30-8-31(20-40)10-32(9-30)21-40/h11-12,24-32H,2-10,13-23H2,1H3. The Balaban J connectivity index is 1.12. The first kappa shape index (κ1) is 25.2. The van der Waals surface area contributed by atoms with Crippen LogP contribution in [0.4, 0.5) is 0 Å². The molecule has 1 unspecified atom stereocenters. The molecule has 13 fully saturated rings. The molecule has 1 saturated heterocycles. The Morgan fingerprint density at radius 3 is 1.17 bits per heavy atom. The third-order valence-electron chi connectivity index (χ3n) is 16.1. The Bertz CT molecular complexity index is 1210. The van der Waals surface area contributed by atoms with Crippen LogP contribution in [0.25, 0.3) is 0 Å². The van der Waals surface area contributed by atoms with Gasteiger partial charge >= 0.3 is 0 Å². The van der Waals surface area contributed by atoms with Crippen LogP contribution in [0, 0.1) is 53.3 Å². The third kappa shape index (κ3) is 3.60. The van der Waals surface area contributed by atoms with Gasteiger partial charge in [0, 0.05) is 5.56 Å². The van der Waals surface area contributed by atoms with Crippen LogP contribution in [0.5, 0.6) is 5.75 Å². The van der Waals surface area contributed by atoms with E-state index in [0.29, 0.717) is 16.2 Å². The third-order valence-corrected chi connectivity index (χ3v) is 16.1. The summed E-state index contributed by atoms with van der Waals surface area (Å²) in [6.07, 6.45) is 27.1. The van der Waals surface area contributed by atoms with E-state index < -0.39 is 0 Å². The van der Waals surface area contributed by atoms with Crippen molar-refractivity contribution < 1.29 is 9.47 Å². The lowest BCUT2D eigenvalue weighted by molar-refractivity contribution is -0.0188. The van der Waals surface area contributed by atoms with Gasteiger partial charge in [-0.1, -0.05) is 6.07 Å². The van der Waals surface area contributed by atoms with E-state index in [1.165, 1.54) is 102 Å². The van der Waals surface area contributed by atoms with Gasteiger partial charge in [-0.25, -0.2) is 0 Å². The molecule has 42 heavy (non-hydrogen) atoms. The minimum Gasteiger partial charge on any atom is -0.490 e. The fourth-order valence-electron chi connectivity index (χ4n) is 15.7. The molecule has 0 amide bonds. The number of epoxide rings is 1. The van der Waals surface area contributed by atoms with E-state index in [4.69, 9.17) is 9.47 Å². The Morgan fingerprint density at radius 1 is 0.524 bits per heavy atom. The van der Waals surface area contributed by atoms with Crippen LogP contribution in [-0.2, 0) is 21.0 Å². The van der Waals surface area contributed by atoms with E-state index in [-0.39, 0.29) is 5.60 Å². The molecule has 12 aliphatic carbocycles. The van der Waals surface area contributed by atoms with Crippen LogP contribution >= 0.6 is 0 Å². The van der Waals surface area contributed by atoms with Gasteiger partial charge in [0.25, 0.3) is 0 Å². The van der Waals surface area contributed by atoms with Crippen LogP contribution in [-0.4, -0.2) is 18.8 Å². The van der Waals surface area contributed by atoms with E-state index >= 15 is 0 Å². The molecule has 14 rings (SSSR count). The highest BCUT2D eigenvalue weighted by atomic mass is 16.6. The number of hydrogen-bond acceptors (Lipinski definition) is 2. The molecule has 12 bridgehead atoms. The molecule has 1 aliphatic heterocycles. The van der Waals surface area contributed by atoms with Gasteiger partial charge in [0.05, 0.1) is 6.61 Å². The van der Waals surface area contributed by atoms with Crippen molar-refractivity contribution in [1.82, 2.24) is 0 Å². The van der Waals surface area contributed by atoms with E-state index in [0.717, 1.165) is 66.5 Å². The molecule has 1 aromatic rings. The summed E-state index contributed by atoms with van der Waals surface area (Å²) in [6, 6.07) is 5.75. The molecule has 0 radical (unpaired) electrons. The molecular formula is C40H54O2. The van der Waals surface area contributed by atoms with Crippen molar-refractivity contribution in [2.45, 2.75) is 144 Å². The van der Waals surface area contributed by atoms with Gasteiger partial charge in [-0.2, -0.15) is 0 Å². The van der Waals surface area contributed by atoms with E-state index in [1.54, 1.807) is 24.8 Å². The summed E-state index contributed by atoms with van der Waals surface area (Å²) in [5, 5.41) is 0. The molecule has 0 aromatic heterocycles. The van der Waals surface area contributed by atoms with Gasteiger partial charge in [-0.3, -0.25) is 0 Å². The maximum atomic E-state index is 7.11. The summed E-state index contributed by atoms with van der Waals surface area (Å²) in [5.41, 5.74) is 6.68. The molecule has 226 valence electrons. The molecule has 0 spiro atoms. The summed E-state index contributed by atoms with van der Waals surface area (Å²) in [4.78, 5) is 0. The maximum absolute atomic E-state index is 7.11. The van der Waals surface area contributed by atoms with Crippen LogP contribution in [0.15, 0.2) is 12.1 Å². The monoisotopic (exact) mass is 566 g/mol. The zero-order valence-electron chi connectivity index (χ0n) is 26.3.